The van der Waals surface area contributed by atoms with Crippen molar-refractivity contribution in [2.45, 2.75) is 18.7 Å². The highest BCUT2D eigenvalue weighted by Gasteiger charge is 2.06. The molecule has 23 heavy (non-hydrogen) atoms. The average molecular weight is 350 g/mol. The molecule has 0 atom stereocenters. The van der Waals surface area contributed by atoms with Gasteiger partial charge in [0.05, 0.1) is 44.5 Å². The van der Waals surface area contributed by atoms with Gasteiger partial charge in [-0.25, -0.2) is 0 Å². The minimum Gasteiger partial charge on any atom is -0.394 e. The van der Waals surface area contributed by atoms with Crippen LogP contribution in [-0.4, -0.2) is 64.3 Å². The minimum atomic E-state index is -4.02. The molecule has 0 spiro atoms. The van der Waals surface area contributed by atoms with E-state index in [1.54, 1.807) is 12.1 Å². The number of aliphatic hydroxyl groups excluding tert-OH is 1. The minimum absolute atomic E-state index is 0.0666. The summed E-state index contributed by atoms with van der Waals surface area (Å²) in [6, 6.07) is 5.99. The number of rotatable bonds is 10. The molecule has 0 aromatic heterocycles. The third kappa shape index (κ3) is 13.1. The van der Waals surface area contributed by atoms with E-state index >= 15 is 0 Å². The standard InChI is InChI=1S/C8H18O4.C7H8O3S/c1-2-10-5-6-12-8-7-11-4-3-9;1-6-2-4-7(5-3-6)11(8,9)10/h9H,2-8H2,1H3;2-5H,1H3,(H,8,9,10). The molecule has 1 aromatic carbocycles. The lowest BCUT2D eigenvalue weighted by Gasteiger charge is -2.04. The van der Waals surface area contributed by atoms with E-state index in [2.05, 4.69) is 0 Å². The predicted octanol–water partition coefficient (Wildman–Crippen LogP) is 1.29. The van der Waals surface area contributed by atoms with Gasteiger partial charge in [-0.2, -0.15) is 8.42 Å². The van der Waals surface area contributed by atoms with Crippen LogP contribution in [0.3, 0.4) is 0 Å². The Morgan fingerprint density at radius 3 is 1.83 bits per heavy atom. The summed E-state index contributed by atoms with van der Waals surface area (Å²) in [5, 5.41) is 8.35. The zero-order chi connectivity index (χ0) is 17.6. The van der Waals surface area contributed by atoms with E-state index in [0.717, 1.165) is 12.2 Å². The first kappa shape index (κ1) is 22.0. The van der Waals surface area contributed by atoms with Gasteiger partial charge in [0.15, 0.2) is 0 Å². The van der Waals surface area contributed by atoms with E-state index in [-0.39, 0.29) is 11.5 Å². The van der Waals surface area contributed by atoms with Crippen molar-refractivity contribution in [3.63, 3.8) is 0 Å². The fourth-order valence-electron chi connectivity index (χ4n) is 1.36. The lowest BCUT2D eigenvalue weighted by atomic mass is 10.2. The first-order valence-corrected chi connectivity index (χ1v) is 8.74. The first-order valence-electron chi connectivity index (χ1n) is 7.30. The molecule has 8 heteroatoms. The van der Waals surface area contributed by atoms with Crippen molar-refractivity contribution in [1.29, 1.82) is 0 Å². The normalized spacial score (nSPS) is 11.0. The van der Waals surface area contributed by atoms with Crippen molar-refractivity contribution in [2.75, 3.05) is 46.2 Å². The van der Waals surface area contributed by atoms with Gasteiger partial charge in [0.25, 0.3) is 10.1 Å². The highest BCUT2D eigenvalue weighted by Crippen LogP contribution is 2.08. The van der Waals surface area contributed by atoms with Crippen LogP contribution in [0, 0.1) is 6.92 Å². The van der Waals surface area contributed by atoms with Crippen molar-refractivity contribution < 1.29 is 32.3 Å². The second-order valence-electron chi connectivity index (χ2n) is 4.43. The second-order valence-corrected chi connectivity index (χ2v) is 5.85. The molecule has 2 N–H and O–H groups in total. The molecule has 1 rings (SSSR count). The van der Waals surface area contributed by atoms with Crippen molar-refractivity contribution >= 4 is 10.1 Å². The Labute approximate surface area is 137 Å². The number of hydrogen-bond donors (Lipinski definition) is 2. The van der Waals surface area contributed by atoms with Crippen LogP contribution in [0.25, 0.3) is 0 Å². The summed E-state index contributed by atoms with van der Waals surface area (Å²) < 4.78 is 44.7. The SMILES string of the molecule is CCOCCOCCOCCO.Cc1ccc(S(=O)(=O)O)cc1. The fourth-order valence-corrected chi connectivity index (χ4v) is 1.84. The molecule has 0 saturated heterocycles. The molecule has 0 unspecified atom stereocenters. The van der Waals surface area contributed by atoms with E-state index in [0.29, 0.717) is 33.0 Å². The molecular weight excluding hydrogens is 324 g/mol. The van der Waals surface area contributed by atoms with Crippen molar-refractivity contribution in [3.05, 3.63) is 29.8 Å². The molecular formula is C15H26O7S. The maximum atomic E-state index is 10.5. The van der Waals surface area contributed by atoms with Crippen molar-refractivity contribution in [3.8, 4) is 0 Å². The Morgan fingerprint density at radius 2 is 1.39 bits per heavy atom. The van der Waals surface area contributed by atoms with E-state index < -0.39 is 10.1 Å². The van der Waals surface area contributed by atoms with Gasteiger partial charge < -0.3 is 19.3 Å². The first-order chi connectivity index (χ1) is 10.9. The summed E-state index contributed by atoms with van der Waals surface area (Å²) in [6.07, 6.45) is 0. The van der Waals surface area contributed by atoms with Crippen LogP contribution < -0.4 is 0 Å². The Kier molecular flexibility index (Phi) is 12.8. The molecule has 134 valence electrons. The predicted molar refractivity (Wildman–Crippen MR) is 86.2 cm³/mol. The van der Waals surface area contributed by atoms with Crippen LogP contribution in [0.4, 0.5) is 0 Å². The molecule has 0 aliphatic heterocycles. The lowest BCUT2D eigenvalue weighted by Crippen LogP contribution is -2.10. The zero-order valence-electron chi connectivity index (χ0n) is 13.6. The van der Waals surface area contributed by atoms with Crippen molar-refractivity contribution in [1.82, 2.24) is 0 Å². The maximum Gasteiger partial charge on any atom is 0.294 e. The van der Waals surface area contributed by atoms with Crippen LogP contribution in [-0.2, 0) is 24.3 Å². The fraction of sp³-hybridized carbons (Fsp3) is 0.600. The van der Waals surface area contributed by atoms with Gasteiger partial charge in [-0.1, -0.05) is 17.7 Å². The molecule has 0 aliphatic carbocycles. The van der Waals surface area contributed by atoms with Crippen LogP contribution in [0.2, 0.25) is 0 Å². The Morgan fingerprint density at radius 1 is 0.913 bits per heavy atom. The summed E-state index contributed by atoms with van der Waals surface area (Å²) >= 11 is 0. The summed E-state index contributed by atoms with van der Waals surface area (Å²) in [5.74, 6) is 0. The molecule has 1 aromatic rings. The molecule has 0 fully saturated rings. The van der Waals surface area contributed by atoms with Gasteiger partial charge in [0.2, 0.25) is 0 Å². The topological polar surface area (TPSA) is 102 Å². The lowest BCUT2D eigenvalue weighted by molar-refractivity contribution is 0.00965. The van der Waals surface area contributed by atoms with Gasteiger partial charge >= 0.3 is 0 Å². The Hall–Kier alpha value is -1.03. The van der Waals surface area contributed by atoms with Crippen LogP contribution in [0.15, 0.2) is 29.2 Å². The van der Waals surface area contributed by atoms with Crippen LogP contribution >= 0.6 is 0 Å². The van der Waals surface area contributed by atoms with Gasteiger partial charge in [-0.3, -0.25) is 4.55 Å². The molecule has 0 heterocycles. The van der Waals surface area contributed by atoms with Crippen molar-refractivity contribution in [2.24, 2.45) is 0 Å². The molecule has 0 radical (unpaired) electrons. The van der Waals surface area contributed by atoms with Crippen LogP contribution in [0.1, 0.15) is 12.5 Å². The third-order valence-electron chi connectivity index (χ3n) is 2.50. The van der Waals surface area contributed by atoms with E-state index in [9.17, 15) is 8.42 Å². The molecule has 7 nitrogen and oxygen atoms in total. The monoisotopic (exact) mass is 350 g/mol. The number of aryl methyl sites for hydroxylation is 1. The number of hydrogen-bond acceptors (Lipinski definition) is 6. The number of ether oxygens (including phenoxy) is 3. The highest BCUT2D eigenvalue weighted by molar-refractivity contribution is 7.85. The van der Waals surface area contributed by atoms with E-state index in [1.165, 1.54) is 12.1 Å². The molecule has 0 amide bonds. The molecule has 0 aliphatic rings. The number of aliphatic hydroxyl groups is 1. The maximum absolute atomic E-state index is 10.5. The van der Waals surface area contributed by atoms with Crippen LogP contribution in [0.5, 0.6) is 0 Å². The third-order valence-corrected chi connectivity index (χ3v) is 3.37. The highest BCUT2D eigenvalue weighted by atomic mass is 32.2. The Bertz CT molecular complexity index is 475. The quantitative estimate of drug-likeness (QED) is 0.484. The van der Waals surface area contributed by atoms with E-state index in [4.69, 9.17) is 23.9 Å². The summed E-state index contributed by atoms with van der Waals surface area (Å²) in [7, 11) is -4.02. The smallest absolute Gasteiger partial charge is 0.294 e. The molecule has 0 bridgehead atoms. The van der Waals surface area contributed by atoms with Gasteiger partial charge in [-0.15, -0.1) is 0 Å². The summed E-state index contributed by atoms with van der Waals surface area (Å²) in [6.45, 7) is 7.31. The number of benzene rings is 1. The van der Waals surface area contributed by atoms with E-state index in [1.807, 2.05) is 13.8 Å². The summed E-state index contributed by atoms with van der Waals surface area (Å²) in [4.78, 5) is -0.0666. The van der Waals surface area contributed by atoms with Gasteiger partial charge in [0.1, 0.15) is 0 Å². The van der Waals surface area contributed by atoms with Gasteiger partial charge in [0, 0.05) is 6.61 Å². The van der Waals surface area contributed by atoms with Gasteiger partial charge in [-0.05, 0) is 26.0 Å². The molecule has 0 saturated carbocycles. The average Bonchev–Trinajstić information content (AvgIpc) is 2.50. The zero-order valence-corrected chi connectivity index (χ0v) is 14.4. The largest absolute Gasteiger partial charge is 0.394 e. The summed E-state index contributed by atoms with van der Waals surface area (Å²) in [5.41, 5.74) is 0.956. The Balaban J connectivity index is 0.000000422. The second kappa shape index (κ2) is 13.4.